The first kappa shape index (κ1) is 19.7. The molecule has 0 aliphatic carbocycles. The number of halogens is 1. The van der Waals surface area contributed by atoms with E-state index in [4.69, 9.17) is 20.0 Å². The van der Waals surface area contributed by atoms with Gasteiger partial charge in [-0.15, -0.1) is 0 Å². The monoisotopic (exact) mass is 405 g/mol. The molecule has 0 fully saturated rings. The Morgan fingerprint density at radius 2 is 1.83 bits per heavy atom. The van der Waals surface area contributed by atoms with Crippen LogP contribution in [0.4, 0.5) is 4.39 Å². The van der Waals surface area contributed by atoms with Gasteiger partial charge in [-0.1, -0.05) is 36.4 Å². The fourth-order valence-electron chi connectivity index (χ4n) is 3.49. The molecule has 0 aliphatic heterocycles. The summed E-state index contributed by atoms with van der Waals surface area (Å²) in [5, 5.41) is 9.91. The van der Waals surface area contributed by atoms with Crippen LogP contribution in [0.3, 0.4) is 0 Å². The third kappa shape index (κ3) is 3.90. The average Bonchev–Trinajstić information content (AvgIpc) is 3.21. The van der Waals surface area contributed by atoms with Gasteiger partial charge >= 0.3 is 5.97 Å². The molecule has 3 N–H and O–H groups in total. The Hall–Kier alpha value is -3.64. The summed E-state index contributed by atoms with van der Waals surface area (Å²) in [6.07, 6.45) is 1.44. The van der Waals surface area contributed by atoms with Gasteiger partial charge in [0.1, 0.15) is 23.8 Å². The minimum absolute atomic E-state index is 0.101. The second kappa shape index (κ2) is 8.39. The van der Waals surface area contributed by atoms with Crippen LogP contribution < -0.4 is 10.5 Å². The van der Waals surface area contributed by atoms with Crippen LogP contribution in [0.5, 0.6) is 5.75 Å². The van der Waals surface area contributed by atoms with Gasteiger partial charge in [0.05, 0.1) is 12.7 Å². The van der Waals surface area contributed by atoms with Crippen LogP contribution >= 0.6 is 0 Å². The number of carbonyl (C=O) groups is 1. The summed E-state index contributed by atoms with van der Waals surface area (Å²) in [4.78, 5) is 11.1. The third-order valence-electron chi connectivity index (χ3n) is 4.91. The van der Waals surface area contributed by atoms with Crippen molar-refractivity contribution in [3.05, 3.63) is 89.4 Å². The number of hydrogen-bond acceptors (Lipinski definition) is 4. The Balaban J connectivity index is 1.70. The Labute approximate surface area is 172 Å². The smallest absolute Gasteiger partial charge is 0.307 e. The first-order valence-corrected chi connectivity index (χ1v) is 9.47. The van der Waals surface area contributed by atoms with Crippen molar-refractivity contribution in [3.8, 4) is 16.9 Å². The van der Waals surface area contributed by atoms with Gasteiger partial charge in [0.2, 0.25) is 0 Å². The summed E-state index contributed by atoms with van der Waals surface area (Å²) < 4.78 is 26.5. The minimum atomic E-state index is -0.927. The zero-order valence-electron chi connectivity index (χ0n) is 16.1. The standard InChI is InChI=1S/C24H20FNO4/c25-23-18(13-26)5-3-6-19(23)20-11-15(10-17-8-9-29-24(17)20)14-30-21-7-2-1-4-16(21)12-22(27)28/h1-11H,12-14,26H2,(H,27,28). The molecule has 152 valence electrons. The molecule has 0 bridgehead atoms. The summed E-state index contributed by atoms with van der Waals surface area (Å²) in [6.45, 7) is 0.299. The number of carboxylic acids is 1. The highest BCUT2D eigenvalue weighted by molar-refractivity contribution is 5.93. The lowest BCUT2D eigenvalue weighted by Crippen LogP contribution is -2.04. The lowest BCUT2D eigenvalue weighted by atomic mass is 9.98. The Morgan fingerprint density at radius 3 is 2.63 bits per heavy atom. The van der Waals surface area contributed by atoms with Crippen molar-refractivity contribution in [3.63, 3.8) is 0 Å². The summed E-state index contributed by atoms with van der Waals surface area (Å²) in [7, 11) is 0. The summed E-state index contributed by atoms with van der Waals surface area (Å²) in [6, 6.07) is 17.7. The molecule has 0 saturated carbocycles. The van der Waals surface area contributed by atoms with Crippen LogP contribution in [0.15, 0.2) is 71.3 Å². The second-order valence-corrected chi connectivity index (χ2v) is 6.93. The molecular formula is C24H20FNO4. The van der Waals surface area contributed by atoms with Gasteiger partial charge in [0, 0.05) is 34.2 Å². The molecule has 1 heterocycles. The first-order valence-electron chi connectivity index (χ1n) is 9.47. The number of benzene rings is 3. The van der Waals surface area contributed by atoms with Gasteiger partial charge in [0.25, 0.3) is 0 Å². The van der Waals surface area contributed by atoms with Gasteiger partial charge in [-0.2, -0.15) is 0 Å². The van der Waals surface area contributed by atoms with Crippen LogP contribution in [0.2, 0.25) is 0 Å². The molecule has 3 aromatic carbocycles. The van der Waals surface area contributed by atoms with E-state index in [1.165, 1.54) is 0 Å². The molecule has 1 aromatic heterocycles. The number of ether oxygens (including phenoxy) is 1. The van der Waals surface area contributed by atoms with E-state index in [0.717, 1.165) is 10.9 Å². The summed E-state index contributed by atoms with van der Waals surface area (Å²) in [5.41, 5.74) is 9.09. The number of para-hydroxylation sites is 1. The first-order chi connectivity index (χ1) is 14.6. The van der Waals surface area contributed by atoms with Crippen LogP contribution in [-0.4, -0.2) is 11.1 Å². The molecule has 0 amide bonds. The number of fused-ring (bicyclic) bond motifs is 1. The van der Waals surface area contributed by atoms with E-state index in [1.807, 2.05) is 18.2 Å². The fraction of sp³-hybridized carbons (Fsp3) is 0.125. The van der Waals surface area contributed by atoms with Crippen LogP contribution in [-0.2, 0) is 24.4 Å². The Morgan fingerprint density at radius 1 is 1.03 bits per heavy atom. The quantitative estimate of drug-likeness (QED) is 0.457. The van der Waals surface area contributed by atoms with E-state index in [-0.39, 0.29) is 25.4 Å². The Bertz CT molecular complexity index is 1220. The van der Waals surface area contributed by atoms with E-state index in [2.05, 4.69) is 0 Å². The van der Waals surface area contributed by atoms with Crippen molar-refractivity contribution in [1.82, 2.24) is 0 Å². The summed E-state index contributed by atoms with van der Waals surface area (Å²) in [5.74, 6) is -0.795. The molecule has 0 unspecified atom stereocenters. The maximum absolute atomic E-state index is 14.9. The maximum Gasteiger partial charge on any atom is 0.307 e. The molecular weight excluding hydrogens is 385 g/mol. The lowest BCUT2D eigenvalue weighted by molar-refractivity contribution is -0.136. The third-order valence-corrected chi connectivity index (χ3v) is 4.91. The normalized spacial score (nSPS) is 11.0. The van der Waals surface area contributed by atoms with E-state index in [0.29, 0.717) is 33.6 Å². The van der Waals surface area contributed by atoms with Crippen molar-refractivity contribution < 1.29 is 23.4 Å². The van der Waals surface area contributed by atoms with Crippen LogP contribution in [0, 0.1) is 5.82 Å². The molecule has 0 saturated heterocycles. The van der Waals surface area contributed by atoms with Gasteiger partial charge < -0.3 is 20.0 Å². The number of furan rings is 1. The number of aliphatic carboxylic acids is 1. The van der Waals surface area contributed by atoms with E-state index < -0.39 is 5.97 Å². The molecule has 0 spiro atoms. The SMILES string of the molecule is NCc1cccc(-c2cc(COc3ccccc3CC(=O)O)cc3ccoc23)c1F. The lowest BCUT2D eigenvalue weighted by Gasteiger charge is -2.13. The number of carboxylic acid groups (broad SMARTS) is 1. The average molecular weight is 405 g/mol. The van der Waals surface area contributed by atoms with E-state index in [1.54, 1.807) is 48.7 Å². The topological polar surface area (TPSA) is 85.7 Å². The molecule has 5 nitrogen and oxygen atoms in total. The van der Waals surface area contributed by atoms with E-state index >= 15 is 0 Å². The van der Waals surface area contributed by atoms with Gasteiger partial charge in [-0.05, 0) is 29.8 Å². The van der Waals surface area contributed by atoms with Crippen LogP contribution in [0.1, 0.15) is 16.7 Å². The molecule has 0 aliphatic rings. The maximum atomic E-state index is 14.9. The summed E-state index contributed by atoms with van der Waals surface area (Å²) >= 11 is 0. The van der Waals surface area contributed by atoms with Gasteiger partial charge in [-0.25, -0.2) is 4.39 Å². The zero-order chi connectivity index (χ0) is 21.1. The Kier molecular flexibility index (Phi) is 5.50. The van der Waals surface area contributed by atoms with Gasteiger partial charge in [0.15, 0.2) is 0 Å². The van der Waals surface area contributed by atoms with E-state index in [9.17, 15) is 9.18 Å². The van der Waals surface area contributed by atoms with Crippen molar-refractivity contribution in [2.24, 2.45) is 5.73 Å². The number of hydrogen-bond donors (Lipinski definition) is 2. The van der Waals surface area contributed by atoms with Crippen molar-refractivity contribution in [2.45, 2.75) is 19.6 Å². The predicted molar refractivity (Wildman–Crippen MR) is 112 cm³/mol. The minimum Gasteiger partial charge on any atom is -0.489 e. The van der Waals surface area contributed by atoms with Crippen molar-refractivity contribution >= 4 is 16.9 Å². The van der Waals surface area contributed by atoms with Crippen molar-refractivity contribution in [2.75, 3.05) is 0 Å². The highest BCUT2D eigenvalue weighted by Gasteiger charge is 2.16. The molecule has 6 heteroatoms. The second-order valence-electron chi connectivity index (χ2n) is 6.93. The number of nitrogens with two attached hydrogens (primary N) is 1. The highest BCUT2D eigenvalue weighted by atomic mass is 19.1. The largest absolute Gasteiger partial charge is 0.489 e. The zero-order valence-corrected chi connectivity index (χ0v) is 16.1. The fourth-order valence-corrected chi connectivity index (χ4v) is 3.49. The highest BCUT2D eigenvalue weighted by Crippen LogP contribution is 2.34. The molecule has 0 radical (unpaired) electrons. The van der Waals surface area contributed by atoms with Crippen molar-refractivity contribution in [1.29, 1.82) is 0 Å². The molecule has 0 atom stereocenters. The predicted octanol–water partition coefficient (Wildman–Crippen LogP) is 4.90. The number of rotatable bonds is 7. The molecule has 4 rings (SSSR count). The molecule has 30 heavy (non-hydrogen) atoms. The van der Waals surface area contributed by atoms with Gasteiger partial charge in [-0.3, -0.25) is 4.79 Å². The molecule has 4 aromatic rings. The van der Waals surface area contributed by atoms with Crippen LogP contribution in [0.25, 0.3) is 22.1 Å².